The van der Waals surface area contributed by atoms with Crippen LogP contribution >= 0.6 is 0 Å². The van der Waals surface area contributed by atoms with Gasteiger partial charge in [-0.05, 0) is 32.1 Å². The molecule has 138 valence electrons. The van der Waals surface area contributed by atoms with Gasteiger partial charge in [-0.15, -0.1) is 0 Å². The summed E-state index contributed by atoms with van der Waals surface area (Å²) in [5.74, 6) is 0.809. The average Bonchev–Trinajstić information content (AvgIpc) is 2.89. The number of ketones is 1. The number of hydrogen-bond acceptors (Lipinski definition) is 5. The van der Waals surface area contributed by atoms with Gasteiger partial charge in [-0.3, -0.25) is 9.59 Å². The second kappa shape index (κ2) is 6.92. The number of nitrogens with zero attached hydrogens (tertiary/aromatic N) is 1. The summed E-state index contributed by atoms with van der Waals surface area (Å²) in [5, 5.41) is 2.87. The van der Waals surface area contributed by atoms with Crippen LogP contribution in [0.15, 0.2) is 4.42 Å². The highest BCUT2D eigenvalue weighted by Gasteiger charge is 2.31. The lowest BCUT2D eigenvalue weighted by molar-refractivity contribution is 0.0919. The van der Waals surface area contributed by atoms with E-state index in [4.69, 9.17) is 4.42 Å². The molecule has 0 bridgehead atoms. The first kappa shape index (κ1) is 18.1. The molecule has 0 spiro atoms. The Bertz CT molecular complexity index is 796. The van der Waals surface area contributed by atoms with Crippen molar-refractivity contribution in [3.8, 4) is 0 Å². The fraction of sp³-hybridized carbons (Fsp3) is 0.647. The molecule has 1 N–H and O–H groups in total. The largest absolute Gasteiger partial charge is 0.465 e. The topological polar surface area (TPSA) is 96.7 Å². The molecule has 2 aliphatic rings. The number of carbonyl (C=O) groups is 2. The van der Waals surface area contributed by atoms with Gasteiger partial charge in [-0.2, -0.15) is 0 Å². The van der Waals surface area contributed by atoms with Gasteiger partial charge in [-0.1, -0.05) is 0 Å². The molecule has 1 aromatic heterocycles. The lowest BCUT2D eigenvalue weighted by atomic mass is 9.93. The minimum atomic E-state index is -3.21. The van der Waals surface area contributed by atoms with Gasteiger partial charge in [-0.25, -0.2) is 12.7 Å². The Morgan fingerprint density at radius 1 is 1.32 bits per heavy atom. The Morgan fingerprint density at radius 2 is 2.08 bits per heavy atom. The van der Waals surface area contributed by atoms with E-state index in [0.29, 0.717) is 55.1 Å². The molecular weight excluding hydrogens is 344 g/mol. The highest BCUT2D eigenvalue weighted by Crippen LogP contribution is 2.29. The van der Waals surface area contributed by atoms with Crippen LogP contribution in [0.1, 0.15) is 57.9 Å². The quantitative estimate of drug-likeness (QED) is 0.869. The standard InChI is InChI=1S/C17H24N2O5S/c1-11-15(16-13(20)6-3-7-14(16)24-11)17(21)18-9-12-5-4-8-19(10-12)25(2,22)23/h12H,3-10H2,1-2H3,(H,18,21). The molecule has 1 aliphatic carbocycles. The van der Waals surface area contributed by atoms with Gasteiger partial charge < -0.3 is 9.73 Å². The van der Waals surface area contributed by atoms with Crippen LogP contribution in [0.4, 0.5) is 0 Å². The van der Waals surface area contributed by atoms with Crippen molar-refractivity contribution >= 4 is 21.7 Å². The second-order valence-electron chi connectivity index (χ2n) is 6.95. The molecule has 7 nitrogen and oxygen atoms in total. The molecule has 0 saturated carbocycles. The third kappa shape index (κ3) is 3.79. The first-order valence-corrected chi connectivity index (χ1v) is 10.5. The van der Waals surface area contributed by atoms with Gasteiger partial charge in [0.1, 0.15) is 11.5 Å². The fourth-order valence-corrected chi connectivity index (χ4v) is 4.64. The van der Waals surface area contributed by atoms with Crippen LogP contribution in [0.25, 0.3) is 0 Å². The number of nitrogens with one attached hydrogen (secondary N) is 1. The van der Waals surface area contributed by atoms with Crippen LogP contribution in [-0.2, 0) is 16.4 Å². The van der Waals surface area contributed by atoms with Crippen molar-refractivity contribution in [2.45, 2.75) is 39.0 Å². The van der Waals surface area contributed by atoms with Crippen molar-refractivity contribution in [2.24, 2.45) is 5.92 Å². The van der Waals surface area contributed by atoms with Gasteiger partial charge in [0.15, 0.2) is 5.78 Å². The van der Waals surface area contributed by atoms with Crippen LogP contribution < -0.4 is 5.32 Å². The maximum atomic E-state index is 12.6. The molecule has 1 aromatic rings. The Morgan fingerprint density at radius 3 is 2.80 bits per heavy atom. The normalized spacial score (nSPS) is 21.8. The smallest absolute Gasteiger partial charge is 0.255 e. The van der Waals surface area contributed by atoms with E-state index in [1.165, 1.54) is 10.6 Å². The van der Waals surface area contributed by atoms with Crippen molar-refractivity contribution < 1.29 is 22.4 Å². The number of rotatable bonds is 4. The Kier molecular flexibility index (Phi) is 5.02. The van der Waals surface area contributed by atoms with Crippen molar-refractivity contribution in [3.05, 3.63) is 22.6 Å². The Balaban J connectivity index is 1.68. The van der Waals surface area contributed by atoms with Crippen molar-refractivity contribution in [1.82, 2.24) is 9.62 Å². The number of piperidine rings is 1. The SMILES string of the molecule is Cc1oc2c(c1C(=O)NCC1CCCN(S(C)(=O)=O)C1)C(=O)CCC2. The highest BCUT2D eigenvalue weighted by atomic mass is 32.2. The molecule has 1 saturated heterocycles. The maximum absolute atomic E-state index is 12.6. The predicted octanol–water partition coefficient (Wildman–Crippen LogP) is 1.51. The lowest BCUT2D eigenvalue weighted by Gasteiger charge is -2.31. The minimum absolute atomic E-state index is 0.0378. The highest BCUT2D eigenvalue weighted by molar-refractivity contribution is 7.88. The van der Waals surface area contributed by atoms with Crippen molar-refractivity contribution in [3.63, 3.8) is 0 Å². The molecule has 1 atom stereocenters. The van der Waals surface area contributed by atoms with Gasteiger partial charge in [0.25, 0.3) is 5.91 Å². The summed E-state index contributed by atoms with van der Waals surface area (Å²) in [5.41, 5.74) is 0.776. The van der Waals surface area contributed by atoms with E-state index in [9.17, 15) is 18.0 Å². The summed E-state index contributed by atoms with van der Waals surface area (Å²) in [7, 11) is -3.21. The van der Waals surface area contributed by atoms with Crippen LogP contribution in [-0.4, -0.2) is 50.3 Å². The molecule has 1 aliphatic heterocycles. The van der Waals surface area contributed by atoms with Gasteiger partial charge in [0, 0.05) is 32.5 Å². The Labute approximate surface area is 147 Å². The monoisotopic (exact) mass is 368 g/mol. The summed E-state index contributed by atoms with van der Waals surface area (Å²) in [4.78, 5) is 24.8. The molecule has 0 radical (unpaired) electrons. The number of amides is 1. The molecule has 1 unspecified atom stereocenters. The van der Waals surface area contributed by atoms with E-state index in [-0.39, 0.29) is 17.6 Å². The predicted molar refractivity (Wildman–Crippen MR) is 92.2 cm³/mol. The number of furan rings is 1. The minimum Gasteiger partial charge on any atom is -0.465 e. The molecule has 1 amide bonds. The van der Waals surface area contributed by atoms with E-state index in [0.717, 1.165) is 19.3 Å². The number of hydrogen-bond donors (Lipinski definition) is 1. The molecule has 25 heavy (non-hydrogen) atoms. The van der Waals surface area contributed by atoms with Gasteiger partial charge in [0.2, 0.25) is 10.0 Å². The zero-order valence-corrected chi connectivity index (χ0v) is 15.4. The molecule has 1 fully saturated rings. The summed E-state index contributed by atoms with van der Waals surface area (Å²) >= 11 is 0. The van der Waals surface area contributed by atoms with Crippen LogP contribution in [0.5, 0.6) is 0 Å². The zero-order chi connectivity index (χ0) is 18.2. The first-order valence-electron chi connectivity index (χ1n) is 8.66. The molecule has 8 heteroatoms. The fourth-order valence-electron chi connectivity index (χ4n) is 3.70. The van der Waals surface area contributed by atoms with Gasteiger partial charge >= 0.3 is 0 Å². The molecule has 3 rings (SSSR count). The van der Waals surface area contributed by atoms with Crippen LogP contribution in [0.3, 0.4) is 0 Å². The van der Waals surface area contributed by atoms with E-state index < -0.39 is 10.0 Å². The number of aryl methyl sites for hydroxylation is 2. The first-order chi connectivity index (χ1) is 11.8. The third-order valence-corrected chi connectivity index (χ3v) is 6.24. The summed E-state index contributed by atoms with van der Waals surface area (Å²) < 4.78 is 30.4. The van der Waals surface area contributed by atoms with E-state index >= 15 is 0 Å². The van der Waals surface area contributed by atoms with E-state index in [2.05, 4.69) is 5.32 Å². The summed E-state index contributed by atoms with van der Waals surface area (Å²) in [6, 6.07) is 0. The summed E-state index contributed by atoms with van der Waals surface area (Å²) in [6.07, 6.45) is 4.74. The van der Waals surface area contributed by atoms with E-state index in [1.54, 1.807) is 6.92 Å². The zero-order valence-electron chi connectivity index (χ0n) is 14.6. The number of sulfonamides is 1. The molecule has 2 heterocycles. The molecular formula is C17H24N2O5S. The van der Waals surface area contributed by atoms with Crippen molar-refractivity contribution in [2.75, 3.05) is 25.9 Å². The third-order valence-electron chi connectivity index (χ3n) is 4.97. The molecule has 0 aromatic carbocycles. The van der Waals surface area contributed by atoms with Gasteiger partial charge in [0.05, 0.1) is 17.4 Å². The van der Waals surface area contributed by atoms with Crippen LogP contribution in [0, 0.1) is 12.8 Å². The number of fused-ring (bicyclic) bond motifs is 1. The number of carbonyl (C=O) groups excluding carboxylic acids is 2. The van der Waals surface area contributed by atoms with Crippen LogP contribution in [0.2, 0.25) is 0 Å². The Hall–Kier alpha value is -1.67. The van der Waals surface area contributed by atoms with E-state index in [1.807, 2.05) is 0 Å². The average molecular weight is 368 g/mol. The second-order valence-corrected chi connectivity index (χ2v) is 8.93. The summed E-state index contributed by atoms with van der Waals surface area (Å²) in [6.45, 7) is 3.04. The number of Topliss-reactive ketones (excluding diaryl/α,β-unsaturated/α-hetero) is 1. The lowest BCUT2D eigenvalue weighted by Crippen LogP contribution is -2.43. The maximum Gasteiger partial charge on any atom is 0.255 e. The van der Waals surface area contributed by atoms with Crippen molar-refractivity contribution in [1.29, 1.82) is 0 Å².